The molecule has 0 bridgehead atoms. The van der Waals surface area contributed by atoms with Gasteiger partial charge in [-0.3, -0.25) is 0 Å². The van der Waals surface area contributed by atoms with Crippen molar-refractivity contribution in [3.63, 3.8) is 0 Å². The molecule has 0 fully saturated rings. The van der Waals surface area contributed by atoms with Gasteiger partial charge in [0.25, 0.3) is 0 Å². The summed E-state index contributed by atoms with van der Waals surface area (Å²) < 4.78 is 2.23. The minimum absolute atomic E-state index is 0.259. The number of aromatic nitrogens is 1. The van der Waals surface area contributed by atoms with E-state index in [9.17, 15) is 0 Å². The van der Waals surface area contributed by atoms with Crippen molar-refractivity contribution in [1.82, 2.24) is 4.57 Å². The van der Waals surface area contributed by atoms with E-state index in [4.69, 9.17) is 5.73 Å². The average Bonchev–Trinajstić information content (AvgIpc) is 2.34. The molecule has 0 saturated carbocycles. The fourth-order valence-corrected chi connectivity index (χ4v) is 1.27. The molecule has 1 aromatic rings. The number of nitrogens with zero attached hydrogens (tertiary/aromatic N) is 1. The molecule has 1 aromatic heterocycles. The van der Waals surface area contributed by atoms with E-state index >= 15 is 0 Å². The SMILES string of the molecule is CCn1cccc1C[C@H](C)N. The summed E-state index contributed by atoms with van der Waals surface area (Å²) in [5.41, 5.74) is 7.03. The van der Waals surface area contributed by atoms with Crippen LogP contribution in [0.15, 0.2) is 18.3 Å². The Morgan fingerprint density at radius 2 is 2.36 bits per heavy atom. The Hall–Kier alpha value is -0.760. The van der Waals surface area contributed by atoms with E-state index in [2.05, 4.69) is 29.8 Å². The second-order valence-corrected chi connectivity index (χ2v) is 2.97. The highest BCUT2D eigenvalue weighted by Gasteiger charge is 2.00. The molecule has 0 aliphatic heterocycles. The summed E-state index contributed by atoms with van der Waals surface area (Å²) in [6.45, 7) is 5.22. The van der Waals surface area contributed by atoms with Crippen LogP contribution in [0, 0.1) is 0 Å². The van der Waals surface area contributed by atoms with Crippen LogP contribution in [-0.4, -0.2) is 10.6 Å². The van der Waals surface area contributed by atoms with Crippen molar-refractivity contribution in [2.45, 2.75) is 32.9 Å². The normalized spacial score (nSPS) is 13.4. The summed E-state index contributed by atoms with van der Waals surface area (Å²) in [5.74, 6) is 0. The van der Waals surface area contributed by atoms with E-state index in [-0.39, 0.29) is 6.04 Å². The maximum Gasteiger partial charge on any atom is 0.0193 e. The van der Waals surface area contributed by atoms with Crippen LogP contribution in [0.5, 0.6) is 0 Å². The number of hydrogen-bond donors (Lipinski definition) is 1. The summed E-state index contributed by atoms with van der Waals surface area (Å²) in [6.07, 6.45) is 3.07. The highest BCUT2D eigenvalue weighted by atomic mass is 15.0. The van der Waals surface area contributed by atoms with Crippen LogP contribution >= 0.6 is 0 Å². The summed E-state index contributed by atoms with van der Waals surface area (Å²) >= 11 is 0. The molecule has 0 spiro atoms. The van der Waals surface area contributed by atoms with Gasteiger partial charge in [0.1, 0.15) is 0 Å². The fraction of sp³-hybridized carbons (Fsp3) is 0.556. The van der Waals surface area contributed by atoms with Crippen LogP contribution < -0.4 is 5.73 Å². The van der Waals surface area contributed by atoms with Crippen molar-refractivity contribution in [3.8, 4) is 0 Å². The van der Waals surface area contributed by atoms with Crippen molar-refractivity contribution < 1.29 is 0 Å². The van der Waals surface area contributed by atoms with E-state index in [1.165, 1.54) is 5.69 Å². The lowest BCUT2D eigenvalue weighted by Gasteiger charge is -2.07. The minimum atomic E-state index is 0.259. The van der Waals surface area contributed by atoms with E-state index in [0.717, 1.165) is 13.0 Å². The van der Waals surface area contributed by atoms with Crippen LogP contribution in [0.1, 0.15) is 19.5 Å². The molecule has 1 heterocycles. The first kappa shape index (κ1) is 8.34. The molecule has 0 aliphatic rings. The summed E-state index contributed by atoms with van der Waals surface area (Å²) in [4.78, 5) is 0. The third kappa shape index (κ3) is 2.09. The molecule has 2 heteroatoms. The lowest BCUT2D eigenvalue weighted by molar-refractivity contribution is 0.654. The highest BCUT2D eigenvalue weighted by molar-refractivity contribution is 5.08. The number of rotatable bonds is 3. The first-order valence-electron chi connectivity index (χ1n) is 4.13. The summed E-state index contributed by atoms with van der Waals surface area (Å²) in [7, 11) is 0. The molecule has 0 saturated heterocycles. The van der Waals surface area contributed by atoms with E-state index in [1.807, 2.05) is 6.92 Å². The number of nitrogens with two attached hydrogens (primary N) is 1. The van der Waals surface area contributed by atoms with Crippen LogP contribution in [0.4, 0.5) is 0 Å². The van der Waals surface area contributed by atoms with E-state index < -0.39 is 0 Å². The zero-order valence-electron chi connectivity index (χ0n) is 7.25. The van der Waals surface area contributed by atoms with Gasteiger partial charge in [-0.05, 0) is 26.0 Å². The molecule has 1 rings (SSSR count). The van der Waals surface area contributed by atoms with Crippen LogP contribution in [0.2, 0.25) is 0 Å². The third-order valence-electron chi connectivity index (χ3n) is 1.80. The Bertz CT molecular complexity index is 213. The third-order valence-corrected chi connectivity index (χ3v) is 1.80. The number of aryl methyl sites for hydroxylation is 1. The largest absolute Gasteiger partial charge is 0.352 e. The van der Waals surface area contributed by atoms with Gasteiger partial charge in [0.05, 0.1) is 0 Å². The van der Waals surface area contributed by atoms with Gasteiger partial charge < -0.3 is 10.3 Å². The van der Waals surface area contributed by atoms with Crippen molar-refractivity contribution in [2.24, 2.45) is 5.73 Å². The molecule has 11 heavy (non-hydrogen) atoms. The average molecular weight is 152 g/mol. The predicted octanol–water partition coefficient (Wildman–Crippen LogP) is 1.40. The molecule has 0 aromatic carbocycles. The van der Waals surface area contributed by atoms with Crippen molar-refractivity contribution in [2.75, 3.05) is 0 Å². The quantitative estimate of drug-likeness (QED) is 0.697. The molecule has 0 aliphatic carbocycles. The van der Waals surface area contributed by atoms with E-state index in [1.54, 1.807) is 0 Å². The second-order valence-electron chi connectivity index (χ2n) is 2.97. The first-order valence-corrected chi connectivity index (χ1v) is 4.13. The Labute approximate surface area is 68.0 Å². The van der Waals surface area contributed by atoms with Gasteiger partial charge in [0.15, 0.2) is 0 Å². The van der Waals surface area contributed by atoms with Gasteiger partial charge in [-0.2, -0.15) is 0 Å². The van der Waals surface area contributed by atoms with Gasteiger partial charge in [0.2, 0.25) is 0 Å². The topological polar surface area (TPSA) is 30.9 Å². The molecule has 0 unspecified atom stereocenters. The van der Waals surface area contributed by atoms with Crippen LogP contribution in [0.25, 0.3) is 0 Å². The van der Waals surface area contributed by atoms with Gasteiger partial charge in [-0.15, -0.1) is 0 Å². The smallest absolute Gasteiger partial charge is 0.0193 e. The molecular formula is C9H16N2. The van der Waals surface area contributed by atoms with Crippen molar-refractivity contribution in [3.05, 3.63) is 24.0 Å². The maximum atomic E-state index is 5.69. The molecule has 1 atom stereocenters. The standard InChI is InChI=1S/C9H16N2/c1-3-11-6-4-5-9(11)7-8(2)10/h4-6,8H,3,7,10H2,1-2H3/t8-/m0/s1. The first-order chi connectivity index (χ1) is 5.24. The van der Waals surface area contributed by atoms with Gasteiger partial charge in [-0.25, -0.2) is 0 Å². The maximum absolute atomic E-state index is 5.69. The monoisotopic (exact) mass is 152 g/mol. The van der Waals surface area contributed by atoms with Gasteiger partial charge in [0, 0.05) is 30.9 Å². The molecule has 2 N–H and O–H groups in total. The van der Waals surface area contributed by atoms with Crippen LogP contribution in [0.3, 0.4) is 0 Å². The minimum Gasteiger partial charge on any atom is -0.352 e. The zero-order chi connectivity index (χ0) is 8.27. The Morgan fingerprint density at radius 1 is 1.64 bits per heavy atom. The fourth-order valence-electron chi connectivity index (χ4n) is 1.27. The number of hydrogen-bond acceptors (Lipinski definition) is 1. The molecule has 0 amide bonds. The molecule has 2 nitrogen and oxygen atoms in total. The Balaban J connectivity index is 2.68. The highest BCUT2D eigenvalue weighted by Crippen LogP contribution is 2.04. The Kier molecular flexibility index (Phi) is 2.71. The van der Waals surface area contributed by atoms with Crippen LogP contribution in [-0.2, 0) is 13.0 Å². The zero-order valence-corrected chi connectivity index (χ0v) is 7.25. The summed E-state index contributed by atoms with van der Waals surface area (Å²) in [6, 6.07) is 4.46. The van der Waals surface area contributed by atoms with Crippen molar-refractivity contribution >= 4 is 0 Å². The lowest BCUT2D eigenvalue weighted by atomic mass is 10.2. The van der Waals surface area contributed by atoms with Gasteiger partial charge >= 0.3 is 0 Å². The summed E-state index contributed by atoms with van der Waals surface area (Å²) in [5, 5.41) is 0. The van der Waals surface area contributed by atoms with Gasteiger partial charge in [-0.1, -0.05) is 0 Å². The Morgan fingerprint density at radius 3 is 2.91 bits per heavy atom. The lowest BCUT2D eigenvalue weighted by Crippen LogP contribution is -2.19. The molecular weight excluding hydrogens is 136 g/mol. The molecule has 0 radical (unpaired) electrons. The van der Waals surface area contributed by atoms with E-state index in [0.29, 0.717) is 0 Å². The second kappa shape index (κ2) is 3.58. The van der Waals surface area contributed by atoms with Crippen molar-refractivity contribution in [1.29, 1.82) is 0 Å². The predicted molar refractivity (Wildman–Crippen MR) is 47.5 cm³/mol. The molecule has 62 valence electrons.